The Morgan fingerprint density at radius 2 is 1.95 bits per heavy atom. The van der Waals surface area contributed by atoms with Crippen molar-refractivity contribution >= 4 is 21.6 Å². The molecule has 0 bridgehead atoms. The van der Waals surface area contributed by atoms with Crippen LogP contribution in [0.25, 0.3) is 0 Å². The van der Waals surface area contributed by atoms with Crippen molar-refractivity contribution in [3.8, 4) is 0 Å². The van der Waals surface area contributed by atoms with Gasteiger partial charge in [-0.3, -0.25) is 0 Å². The lowest BCUT2D eigenvalue weighted by Gasteiger charge is -2.38. The molecule has 0 aliphatic heterocycles. The second-order valence-electron chi connectivity index (χ2n) is 6.21. The van der Waals surface area contributed by atoms with E-state index in [9.17, 15) is 8.42 Å². The van der Waals surface area contributed by atoms with Crippen LogP contribution < -0.4 is 0 Å². The molecule has 4 nitrogen and oxygen atoms in total. The maximum atomic E-state index is 12.6. The minimum Gasteiger partial charge on any atom is -0.243 e. The summed E-state index contributed by atoms with van der Waals surface area (Å²) in [5.41, 5.74) is 0.313. The van der Waals surface area contributed by atoms with E-state index in [4.69, 9.17) is 11.6 Å². The van der Waals surface area contributed by atoms with Crippen LogP contribution in [-0.4, -0.2) is 30.8 Å². The zero-order valence-corrected chi connectivity index (χ0v) is 13.7. The van der Waals surface area contributed by atoms with E-state index in [1.54, 1.807) is 13.1 Å². The molecule has 0 unspecified atom stereocenters. The molecule has 1 heterocycles. The maximum Gasteiger partial charge on any atom is 0.246 e. The fraction of sp³-hybridized carbons (Fsp3) is 0.643. The highest BCUT2D eigenvalue weighted by atomic mass is 35.5. The molecule has 1 aliphatic carbocycles. The molecule has 0 amide bonds. The fourth-order valence-corrected chi connectivity index (χ4v) is 4.50. The zero-order chi connectivity index (χ0) is 15.0. The molecule has 20 heavy (non-hydrogen) atoms. The molecule has 1 aromatic heterocycles. The Morgan fingerprint density at radius 3 is 2.50 bits per heavy atom. The van der Waals surface area contributed by atoms with E-state index in [0.29, 0.717) is 5.41 Å². The number of hydrogen-bond donors (Lipinski definition) is 0. The first-order valence-corrected chi connectivity index (χ1v) is 8.64. The number of nitrogens with zero attached hydrogens (tertiary/aromatic N) is 2. The largest absolute Gasteiger partial charge is 0.246 e. The lowest BCUT2D eigenvalue weighted by molar-refractivity contribution is 0.174. The Hall–Kier alpha value is -0.650. The average molecular weight is 317 g/mol. The van der Waals surface area contributed by atoms with Gasteiger partial charge in [-0.25, -0.2) is 13.4 Å². The Bertz CT molecular complexity index is 577. The second kappa shape index (κ2) is 5.62. The van der Waals surface area contributed by atoms with Crippen molar-refractivity contribution in [2.45, 2.75) is 50.5 Å². The first kappa shape index (κ1) is 15.7. The molecule has 1 fully saturated rings. The molecule has 112 valence electrons. The molecule has 1 saturated carbocycles. The molecular weight excluding hydrogens is 296 g/mol. The van der Waals surface area contributed by atoms with E-state index in [1.807, 2.05) is 0 Å². The summed E-state index contributed by atoms with van der Waals surface area (Å²) in [6.07, 6.45) is 5.35. The van der Waals surface area contributed by atoms with Crippen LogP contribution in [0.4, 0.5) is 0 Å². The lowest BCUT2D eigenvalue weighted by Crippen LogP contribution is -2.40. The molecule has 2 rings (SSSR count). The number of sulfonamides is 1. The Kier molecular flexibility index (Phi) is 4.42. The first-order valence-electron chi connectivity index (χ1n) is 6.83. The molecular formula is C14H21ClN2O2S. The predicted octanol–water partition coefficient (Wildman–Crippen LogP) is 3.32. The third kappa shape index (κ3) is 3.15. The van der Waals surface area contributed by atoms with Gasteiger partial charge in [0.05, 0.1) is 0 Å². The summed E-state index contributed by atoms with van der Waals surface area (Å²) >= 11 is 5.92. The summed E-state index contributed by atoms with van der Waals surface area (Å²) < 4.78 is 26.7. The van der Waals surface area contributed by atoms with Crippen LogP contribution in [0.2, 0.25) is 5.15 Å². The molecule has 1 aromatic rings. The van der Waals surface area contributed by atoms with E-state index >= 15 is 0 Å². The average Bonchev–Trinajstić information content (AvgIpc) is 2.38. The highest BCUT2D eigenvalue weighted by Gasteiger charge is 2.34. The Balaban J connectivity index is 2.21. The van der Waals surface area contributed by atoms with Crippen molar-refractivity contribution in [2.75, 3.05) is 7.05 Å². The second-order valence-corrected chi connectivity index (χ2v) is 8.53. The number of halogens is 1. The first-order chi connectivity index (χ1) is 9.24. The number of hydrogen-bond acceptors (Lipinski definition) is 3. The van der Waals surface area contributed by atoms with Crippen LogP contribution in [0.1, 0.15) is 39.5 Å². The molecule has 0 atom stereocenters. The molecule has 1 aliphatic rings. The Morgan fingerprint density at radius 1 is 1.35 bits per heavy atom. The van der Waals surface area contributed by atoms with Crippen LogP contribution in [0.3, 0.4) is 0 Å². The summed E-state index contributed by atoms with van der Waals surface area (Å²) in [5, 5.41) is 0.0375. The van der Waals surface area contributed by atoms with Crippen LogP contribution in [0.5, 0.6) is 0 Å². The summed E-state index contributed by atoms with van der Waals surface area (Å²) in [6, 6.07) is 3.15. The molecule has 0 aromatic carbocycles. The predicted molar refractivity (Wildman–Crippen MR) is 80.2 cm³/mol. The molecule has 0 saturated heterocycles. The van der Waals surface area contributed by atoms with Gasteiger partial charge >= 0.3 is 0 Å². The van der Waals surface area contributed by atoms with Crippen molar-refractivity contribution in [1.82, 2.24) is 9.29 Å². The van der Waals surface area contributed by atoms with Gasteiger partial charge in [-0.15, -0.1) is 0 Å². The van der Waals surface area contributed by atoms with Gasteiger partial charge in [0, 0.05) is 19.3 Å². The van der Waals surface area contributed by atoms with Crippen molar-refractivity contribution in [2.24, 2.45) is 5.41 Å². The molecule has 0 spiro atoms. The molecule has 0 radical (unpaired) electrons. The van der Waals surface area contributed by atoms with Crippen molar-refractivity contribution in [1.29, 1.82) is 0 Å². The minimum atomic E-state index is -3.57. The normalized spacial score (nSPS) is 20.2. The van der Waals surface area contributed by atoms with Gasteiger partial charge in [-0.2, -0.15) is 4.31 Å². The number of pyridine rings is 1. The van der Waals surface area contributed by atoms with Gasteiger partial charge in [0.2, 0.25) is 10.0 Å². The summed E-state index contributed by atoms with van der Waals surface area (Å²) in [4.78, 5) is 3.95. The highest BCUT2D eigenvalue weighted by molar-refractivity contribution is 7.89. The Labute approximate surface area is 126 Å². The van der Waals surface area contributed by atoms with Crippen molar-refractivity contribution < 1.29 is 8.42 Å². The minimum absolute atomic E-state index is 0.0375. The topological polar surface area (TPSA) is 50.3 Å². The van der Waals surface area contributed by atoms with E-state index in [2.05, 4.69) is 18.8 Å². The third-order valence-electron chi connectivity index (χ3n) is 4.20. The zero-order valence-electron chi connectivity index (χ0n) is 12.1. The van der Waals surface area contributed by atoms with Crippen molar-refractivity contribution in [3.63, 3.8) is 0 Å². The van der Waals surface area contributed by atoms with E-state index in [-0.39, 0.29) is 16.1 Å². The van der Waals surface area contributed by atoms with Gasteiger partial charge in [-0.05, 0) is 43.2 Å². The number of aromatic nitrogens is 1. The van der Waals surface area contributed by atoms with Gasteiger partial charge in [0.15, 0.2) is 0 Å². The third-order valence-corrected chi connectivity index (χ3v) is 6.56. The SMILES string of the molecule is CN(C1CCC(C)(C)CC1)S(=O)(=O)c1cccnc1Cl. The van der Waals surface area contributed by atoms with Crippen molar-refractivity contribution in [3.05, 3.63) is 23.5 Å². The van der Waals surface area contributed by atoms with E-state index in [0.717, 1.165) is 25.7 Å². The van der Waals surface area contributed by atoms with Gasteiger partial charge in [0.25, 0.3) is 0 Å². The van der Waals surface area contributed by atoms with Crippen LogP contribution >= 0.6 is 11.6 Å². The van der Waals surface area contributed by atoms with Crippen LogP contribution in [0, 0.1) is 5.41 Å². The maximum absolute atomic E-state index is 12.6. The van der Waals surface area contributed by atoms with Gasteiger partial charge < -0.3 is 0 Å². The van der Waals surface area contributed by atoms with Crippen LogP contribution in [-0.2, 0) is 10.0 Å². The fourth-order valence-electron chi connectivity index (χ4n) is 2.66. The quantitative estimate of drug-likeness (QED) is 0.804. The summed E-state index contributed by atoms with van der Waals surface area (Å²) in [6.45, 7) is 4.46. The van der Waals surface area contributed by atoms with E-state index < -0.39 is 10.0 Å². The standard InChI is InChI=1S/C14H21ClN2O2S/c1-14(2)8-6-11(7-9-14)17(3)20(18,19)12-5-4-10-16-13(12)15/h4-5,10-11H,6-9H2,1-3H3. The van der Waals surface area contributed by atoms with Gasteiger partial charge in [-0.1, -0.05) is 25.4 Å². The summed E-state index contributed by atoms with van der Waals surface area (Å²) in [7, 11) is -1.93. The van der Waals surface area contributed by atoms with Crippen LogP contribution in [0.15, 0.2) is 23.2 Å². The van der Waals surface area contributed by atoms with Gasteiger partial charge in [0.1, 0.15) is 10.0 Å². The smallest absolute Gasteiger partial charge is 0.243 e. The van der Waals surface area contributed by atoms with E-state index in [1.165, 1.54) is 16.6 Å². The monoisotopic (exact) mass is 316 g/mol. The lowest BCUT2D eigenvalue weighted by atomic mass is 9.76. The molecule has 0 N–H and O–H groups in total. The highest BCUT2D eigenvalue weighted by Crippen LogP contribution is 2.38. The number of rotatable bonds is 3. The summed E-state index contributed by atoms with van der Waals surface area (Å²) in [5.74, 6) is 0. The molecule has 6 heteroatoms.